The van der Waals surface area contributed by atoms with Crippen LogP contribution in [0.25, 0.3) is 0 Å². The Morgan fingerprint density at radius 1 is 0.950 bits per heavy atom. The van der Waals surface area contributed by atoms with Crippen molar-refractivity contribution >= 4 is 27.9 Å². The summed E-state index contributed by atoms with van der Waals surface area (Å²) in [6, 6.07) is 6.03. The number of carbonyl (C=O) groups excluding carboxylic acids is 2. The van der Waals surface area contributed by atoms with Gasteiger partial charge in [-0.15, -0.1) is 0 Å². The molecule has 0 aliphatic rings. The Bertz CT molecular complexity index is 1310. The number of hydrogen-bond donors (Lipinski definition) is 3. The number of alkyl halides is 6. The van der Waals surface area contributed by atoms with E-state index in [4.69, 9.17) is 21.0 Å². The van der Waals surface area contributed by atoms with Gasteiger partial charge in [0.1, 0.15) is 18.4 Å². The predicted molar refractivity (Wildman–Crippen MR) is 125 cm³/mol. The summed E-state index contributed by atoms with van der Waals surface area (Å²) < 4.78 is 114. The molecule has 0 spiro atoms. The van der Waals surface area contributed by atoms with Crippen LogP contribution in [0.15, 0.2) is 58.6 Å². The number of sulfonamides is 1. The number of rotatable bonds is 12. The van der Waals surface area contributed by atoms with Gasteiger partial charge in [-0.3, -0.25) is 0 Å². The quantitative estimate of drug-likeness (QED) is 0.0628. The van der Waals surface area contributed by atoms with E-state index in [9.17, 15) is 44.3 Å². The number of nitrogens with zero attached hydrogens (tertiary/aromatic N) is 1. The second-order valence-electron chi connectivity index (χ2n) is 7.77. The minimum atomic E-state index is -5.60. The first-order valence-electron chi connectivity index (χ1n) is 10.9. The molecule has 0 bridgehead atoms. The minimum absolute atomic E-state index is 0.119. The van der Waals surface area contributed by atoms with E-state index in [1.807, 2.05) is 0 Å². The van der Waals surface area contributed by atoms with Gasteiger partial charge in [0, 0.05) is 6.42 Å². The molecule has 0 radical (unpaired) electrons. The third kappa shape index (κ3) is 9.92. The van der Waals surface area contributed by atoms with Gasteiger partial charge in [0.05, 0.1) is 17.1 Å². The number of nitrogens with one attached hydrogen (secondary N) is 1. The fraction of sp³-hybridized carbons (Fsp3) is 0.318. The van der Waals surface area contributed by atoms with Crippen LogP contribution in [0, 0.1) is 0 Å². The molecule has 220 valence electrons. The highest BCUT2D eigenvalue weighted by atomic mass is 32.2. The van der Waals surface area contributed by atoms with Crippen LogP contribution in [-0.4, -0.2) is 51.7 Å². The third-order valence-corrected chi connectivity index (χ3v) is 6.20. The highest BCUT2D eigenvalue weighted by molar-refractivity contribution is 7.89. The van der Waals surface area contributed by atoms with Crippen molar-refractivity contribution < 1.29 is 58.7 Å². The summed E-state index contributed by atoms with van der Waals surface area (Å²) in [5.74, 6) is -4.91. The molecule has 0 saturated carbocycles. The molecule has 0 saturated heterocycles. The van der Waals surface area contributed by atoms with Gasteiger partial charge in [-0.25, -0.2) is 18.0 Å². The Morgan fingerprint density at radius 2 is 1.57 bits per heavy atom. The molecular weight excluding hydrogens is 578 g/mol. The Kier molecular flexibility index (Phi) is 10.7. The van der Waals surface area contributed by atoms with Gasteiger partial charge >= 0.3 is 24.3 Å². The van der Waals surface area contributed by atoms with Crippen LogP contribution in [0.3, 0.4) is 0 Å². The lowest BCUT2D eigenvalue weighted by Gasteiger charge is -2.19. The van der Waals surface area contributed by atoms with Crippen LogP contribution in [0.4, 0.5) is 26.3 Å². The Morgan fingerprint density at radius 3 is 2.15 bits per heavy atom. The van der Waals surface area contributed by atoms with Crippen molar-refractivity contribution in [2.45, 2.75) is 36.1 Å². The maximum Gasteiger partial charge on any atom is 0.491 e. The molecule has 11 nitrogen and oxygen atoms in total. The van der Waals surface area contributed by atoms with Crippen LogP contribution >= 0.6 is 0 Å². The van der Waals surface area contributed by atoms with Gasteiger partial charge in [0.25, 0.3) is 0 Å². The number of esters is 2. The van der Waals surface area contributed by atoms with Gasteiger partial charge in [0.15, 0.2) is 0 Å². The van der Waals surface area contributed by atoms with Crippen LogP contribution in [0.5, 0.6) is 5.75 Å². The van der Waals surface area contributed by atoms with Crippen molar-refractivity contribution in [3.05, 3.63) is 59.7 Å². The molecule has 5 N–H and O–H groups in total. The maximum atomic E-state index is 13.4. The lowest BCUT2D eigenvalue weighted by atomic mass is 10.1. The molecule has 18 heteroatoms. The zero-order chi connectivity index (χ0) is 30.1. The maximum absolute atomic E-state index is 13.4. The molecule has 0 fully saturated rings. The topological polar surface area (TPSA) is 172 Å². The molecule has 2 aromatic carbocycles. The zero-order valence-electron chi connectivity index (χ0n) is 20.2. The summed E-state index contributed by atoms with van der Waals surface area (Å²) in [6.07, 6.45) is -11.1. The van der Waals surface area contributed by atoms with Gasteiger partial charge in [0.2, 0.25) is 16.0 Å². The molecule has 0 amide bonds. The SMILES string of the molecule is NC(N)=NOCCCOc1ccc(C[C@H](NS(=O)(=O)c2ccccc2C(F)(F)F)C(=O)OC(=O)C(F)(F)F)cc1. The highest BCUT2D eigenvalue weighted by Gasteiger charge is 2.44. The van der Waals surface area contributed by atoms with Crippen LogP contribution in [0.2, 0.25) is 0 Å². The minimum Gasteiger partial charge on any atom is -0.493 e. The first kappa shape index (κ1) is 32.2. The third-order valence-electron chi connectivity index (χ3n) is 4.67. The summed E-state index contributed by atoms with van der Waals surface area (Å²) in [6.45, 7) is 0.264. The van der Waals surface area contributed by atoms with E-state index in [-0.39, 0.29) is 30.5 Å². The van der Waals surface area contributed by atoms with Gasteiger partial charge in [-0.05, 0) is 41.4 Å². The second kappa shape index (κ2) is 13.3. The van der Waals surface area contributed by atoms with E-state index in [1.165, 1.54) is 24.3 Å². The number of hydrogen-bond acceptors (Lipinski definition) is 8. The summed E-state index contributed by atoms with van der Waals surface area (Å²) in [5.41, 5.74) is 8.71. The molecule has 0 heterocycles. The van der Waals surface area contributed by atoms with Crippen molar-refractivity contribution in [1.82, 2.24) is 4.72 Å². The summed E-state index contributed by atoms with van der Waals surface area (Å²) >= 11 is 0. The predicted octanol–water partition coefficient (Wildman–Crippen LogP) is 2.20. The number of carbonyl (C=O) groups is 2. The van der Waals surface area contributed by atoms with Gasteiger partial charge in [-0.2, -0.15) is 31.1 Å². The molecule has 2 rings (SSSR count). The van der Waals surface area contributed by atoms with E-state index < -0.39 is 57.2 Å². The summed E-state index contributed by atoms with van der Waals surface area (Å²) in [7, 11) is -5.17. The molecule has 0 aliphatic carbocycles. The largest absolute Gasteiger partial charge is 0.493 e. The first-order valence-corrected chi connectivity index (χ1v) is 12.4. The molecule has 0 unspecified atom stereocenters. The number of benzene rings is 2. The Balaban J connectivity index is 2.23. The first-order chi connectivity index (χ1) is 18.5. The smallest absolute Gasteiger partial charge is 0.491 e. The number of oxime groups is 1. The average molecular weight is 600 g/mol. The van der Waals surface area contributed by atoms with Crippen LogP contribution < -0.4 is 20.9 Å². The fourth-order valence-electron chi connectivity index (χ4n) is 2.97. The van der Waals surface area contributed by atoms with Crippen molar-refractivity contribution in [2.75, 3.05) is 13.2 Å². The Hall–Kier alpha value is -4.06. The molecule has 0 aliphatic heterocycles. The summed E-state index contributed by atoms with van der Waals surface area (Å²) in [4.78, 5) is 27.0. The summed E-state index contributed by atoms with van der Waals surface area (Å²) in [5, 5.41) is 3.31. The monoisotopic (exact) mass is 600 g/mol. The Labute approximate surface area is 223 Å². The molecule has 40 heavy (non-hydrogen) atoms. The van der Waals surface area contributed by atoms with Crippen molar-refractivity contribution in [3.63, 3.8) is 0 Å². The standard InChI is InChI=1S/C22H22F6N4O7S/c23-21(24,25)15-4-1-2-5-17(15)40(35,36)32-16(18(33)39-19(34)22(26,27)28)12-13-6-8-14(9-7-13)37-10-3-11-38-31-20(29)30/h1-2,4-9,16,32H,3,10-12H2,(H4,29,30,31)/t16-/m0/s1. The van der Waals surface area contributed by atoms with E-state index in [1.54, 1.807) is 4.72 Å². The zero-order valence-corrected chi connectivity index (χ0v) is 21.0. The molecule has 2 aromatic rings. The van der Waals surface area contributed by atoms with Crippen molar-refractivity contribution in [2.24, 2.45) is 16.6 Å². The fourth-order valence-corrected chi connectivity index (χ4v) is 4.38. The highest BCUT2D eigenvalue weighted by Crippen LogP contribution is 2.34. The number of halogens is 6. The van der Waals surface area contributed by atoms with E-state index in [0.717, 1.165) is 12.1 Å². The van der Waals surface area contributed by atoms with Gasteiger partial charge in [-0.1, -0.05) is 24.3 Å². The van der Waals surface area contributed by atoms with Gasteiger partial charge < -0.3 is 25.8 Å². The molecule has 0 aromatic heterocycles. The van der Waals surface area contributed by atoms with E-state index in [2.05, 4.69) is 9.89 Å². The number of guanidine groups is 1. The normalized spacial score (nSPS) is 12.8. The lowest BCUT2D eigenvalue weighted by Crippen LogP contribution is -2.45. The van der Waals surface area contributed by atoms with E-state index >= 15 is 0 Å². The molecular formula is C22H22F6N4O7S. The van der Waals surface area contributed by atoms with Crippen molar-refractivity contribution in [1.29, 1.82) is 0 Å². The number of ether oxygens (including phenoxy) is 2. The average Bonchev–Trinajstić information content (AvgIpc) is 2.85. The lowest BCUT2D eigenvalue weighted by molar-refractivity contribution is -0.202. The van der Waals surface area contributed by atoms with E-state index in [0.29, 0.717) is 18.6 Å². The number of nitrogens with two attached hydrogens (primary N) is 2. The van der Waals surface area contributed by atoms with Crippen molar-refractivity contribution in [3.8, 4) is 5.75 Å². The van der Waals surface area contributed by atoms with Crippen LogP contribution in [-0.2, 0) is 41.8 Å². The second-order valence-corrected chi connectivity index (χ2v) is 9.46. The van der Waals surface area contributed by atoms with Crippen LogP contribution in [0.1, 0.15) is 17.5 Å². The molecule has 1 atom stereocenters.